The van der Waals surface area contributed by atoms with Crippen LogP contribution in [0.2, 0.25) is 0 Å². The topological polar surface area (TPSA) is 41.3 Å². The zero-order valence-corrected chi connectivity index (χ0v) is 17.0. The first kappa shape index (κ1) is 18.6. The molecule has 4 aromatic carbocycles. The van der Waals surface area contributed by atoms with Crippen molar-refractivity contribution in [2.75, 3.05) is 11.9 Å². The Morgan fingerprint density at radius 3 is 2.13 bits per heavy atom. The Labute approximate surface area is 177 Å². The average Bonchev–Trinajstić information content (AvgIpc) is 2.82. The lowest BCUT2D eigenvalue weighted by molar-refractivity contribution is 0.410. The van der Waals surface area contributed by atoms with Gasteiger partial charge in [0.05, 0.1) is 0 Å². The number of rotatable bonds is 4. The molecule has 0 fully saturated rings. The summed E-state index contributed by atoms with van der Waals surface area (Å²) >= 11 is 0. The number of hydrogen-bond donors (Lipinski definition) is 2. The Bertz CT molecular complexity index is 1170. The van der Waals surface area contributed by atoms with Crippen molar-refractivity contribution in [3.8, 4) is 11.1 Å². The molecule has 3 nitrogen and oxygen atoms in total. The largest absolute Gasteiger partial charge is 0.344 e. The maximum absolute atomic E-state index is 7.29. The van der Waals surface area contributed by atoms with Gasteiger partial charge in [-0.3, -0.25) is 5.32 Å². The van der Waals surface area contributed by atoms with Gasteiger partial charge >= 0.3 is 0 Å². The number of benzene rings is 4. The van der Waals surface area contributed by atoms with Gasteiger partial charge in [0.25, 0.3) is 0 Å². The molecule has 3 N–H and O–H groups in total. The number of hydrogen-bond acceptors (Lipinski definition) is 3. The number of fused-ring (bicyclic) bond motifs is 2. The van der Waals surface area contributed by atoms with Crippen molar-refractivity contribution in [1.29, 1.82) is 0 Å². The number of nitrogens with two attached hydrogens (primary N) is 1. The Morgan fingerprint density at radius 2 is 1.37 bits per heavy atom. The highest BCUT2D eigenvalue weighted by Gasteiger charge is 2.41. The van der Waals surface area contributed by atoms with Crippen LogP contribution < -0.4 is 16.0 Å². The SMILES string of the molecule is CN1c2ccccc2C(N)(NCc2ccccc2)c2c(-c3ccccc3)cccc21. The summed E-state index contributed by atoms with van der Waals surface area (Å²) < 4.78 is 0. The summed E-state index contributed by atoms with van der Waals surface area (Å²) in [4.78, 5) is 2.24. The summed E-state index contributed by atoms with van der Waals surface area (Å²) in [6.45, 7) is 0.679. The van der Waals surface area contributed by atoms with Crippen LogP contribution in [0.1, 0.15) is 16.7 Å². The fourth-order valence-electron chi connectivity index (χ4n) is 4.48. The van der Waals surface area contributed by atoms with Crippen LogP contribution in [0, 0.1) is 0 Å². The van der Waals surface area contributed by atoms with Crippen molar-refractivity contribution < 1.29 is 0 Å². The van der Waals surface area contributed by atoms with Gasteiger partial charge in [0, 0.05) is 36.1 Å². The maximum atomic E-state index is 7.29. The summed E-state index contributed by atoms with van der Waals surface area (Å²) in [5.41, 5.74) is 14.4. The van der Waals surface area contributed by atoms with E-state index in [-0.39, 0.29) is 0 Å². The molecule has 5 rings (SSSR count). The molecule has 0 saturated carbocycles. The second-order valence-electron chi connectivity index (χ2n) is 7.79. The minimum Gasteiger partial charge on any atom is -0.344 e. The first-order valence-corrected chi connectivity index (χ1v) is 10.3. The zero-order chi connectivity index (χ0) is 20.6. The molecule has 1 aliphatic rings. The van der Waals surface area contributed by atoms with Crippen LogP contribution >= 0.6 is 0 Å². The zero-order valence-electron chi connectivity index (χ0n) is 17.0. The van der Waals surface area contributed by atoms with E-state index >= 15 is 0 Å². The third kappa shape index (κ3) is 3.00. The molecule has 0 amide bonds. The van der Waals surface area contributed by atoms with E-state index in [0.717, 1.165) is 28.1 Å². The lowest BCUT2D eigenvalue weighted by atomic mass is 9.80. The van der Waals surface area contributed by atoms with Gasteiger partial charge in [-0.05, 0) is 28.8 Å². The average molecular weight is 392 g/mol. The summed E-state index contributed by atoms with van der Waals surface area (Å²) in [5, 5.41) is 3.71. The summed E-state index contributed by atoms with van der Waals surface area (Å²) in [5.74, 6) is 0. The van der Waals surface area contributed by atoms with E-state index in [1.807, 2.05) is 12.1 Å². The molecular formula is C27H25N3. The molecule has 0 bridgehead atoms. The molecule has 1 unspecified atom stereocenters. The van der Waals surface area contributed by atoms with Gasteiger partial charge in [-0.1, -0.05) is 91.0 Å². The van der Waals surface area contributed by atoms with Crippen molar-refractivity contribution in [2.24, 2.45) is 5.73 Å². The lowest BCUT2D eigenvalue weighted by Gasteiger charge is -2.44. The molecular weight excluding hydrogens is 366 g/mol. The molecule has 1 aliphatic heterocycles. The Kier molecular flexibility index (Phi) is 4.62. The van der Waals surface area contributed by atoms with Crippen LogP contribution in [0.3, 0.4) is 0 Å². The fraction of sp³-hybridized carbons (Fsp3) is 0.111. The minimum absolute atomic E-state index is 0.679. The Balaban J connectivity index is 1.71. The van der Waals surface area contributed by atoms with E-state index in [9.17, 15) is 0 Å². The van der Waals surface area contributed by atoms with Crippen molar-refractivity contribution in [1.82, 2.24) is 5.32 Å². The van der Waals surface area contributed by atoms with Gasteiger partial charge in [-0.15, -0.1) is 0 Å². The van der Waals surface area contributed by atoms with Gasteiger partial charge < -0.3 is 10.6 Å². The van der Waals surface area contributed by atoms with Crippen molar-refractivity contribution in [3.05, 3.63) is 120 Å². The van der Waals surface area contributed by atoms with Crippen LogP contribution in [0.5, 0.6) is 0 Å². The molecule has 4 aromatic rings. The van der Waals surface area contributed by atoms with Crippen molar-refractivity contribution in [2.45, 2.75) is 12.2 Å². The smallest absolute Gasteiger partial charge is 0.124 e. The van der Waals surface area contributed by atoms with E-state index in [1.165, 1.54) is 11.1 Å². The van der Waals surface area contributed by atoms with Gasteiger partial charge in [-0.2, -0.15) is 0 Å². The van der Waals surface area contributed by atoms with Crippen LogP contribution in [0.25, 0.3) is 11.1 Å². The standard InChI is InChI=1S/C27H25N3/c1-30-24-17-9-8-16-23(24)27(28,29-19-20-11-4-2-5-12-20)26-22(15-10-18-25(26)30)21-13-6-3-7-14-21/h2-18,29H,19,28H2,1H3. The highest BCUT2D eigenvalue weighted by atomic mass is 15.2. The summed E-state index contributed by atoms with van der Waals surface area (Å²) in [6.07, 6.45) is 0. The molecule has 1 atom stereocenters. The van der Waals surface area contributed by atoms with Gasteiger partial charge in [0.1, 0.15) is 5.66 Å². The van der Waals surface area contributed by atoms with E-state index in [4.69, 9.17) is 5.73 Å². The van der Waals surface area contributed by atoms with Crippen LogP contribution in [-0.2, 0) is 12.2 Å². The number of nitrogens with one attached hydrogen (secondary N) is 1. The van der Waals surface area contributed by atoms with Gasteiger partial charge in [0.15, 0.2) is 0 Å². The predicted molar refractivity (Wildman–Crippen MR) is 125 cm³/mol. The number of nitrogens with zero attached hydrogens (tertiary/aromatic N) is 1. The minimum atomic E-state index is -0.819. The van der Waals surface area contributed by atoms with Gasteiger partial charge in [0.2, 0.25) is 0 Å². The molecule has 0 saturated heterocycles. The summed E-state index contributed by atoms with van der Waals surface area (Å²) in [6, 6.07) is 35.7. The second kappa shape index (κ2) is 7.45. The molecule has 0 aromatic heterocycles. The van der Waals surface area contributed by atoms with Crippen molar-refractivity contribution >= 4 is 11.4 Å². The third-order valence-corrected chi connectivity index (χ3v) is 5.99. The Hall–Kier alpha value is -3.40. The first-order valence-electron chi connectivity index (χ1n) is 10.3. The Morgan fingerprint density at radius 1 is 0.733 bits per heavy atom. The van der Waals surface area contributed by atoms with Crippen LogP contribution in [0.4, 0.5) is 11.4 Å². The highest BCUT2D eigenvalue weighted by Crippen LogP contribution is 2.48. The van der Waals surface area contributed by atoms with E-state index in [2.05, 4.69) is 108 Å². The van der Waals surface area contributed by atoms with E-state index < -0.39 is 5.66 Å². The highest BCUT2D eigenvalue weighted by molar-refractivity contribution is 5.85. The monoisotopic (exact) mass is 391 g/mol. The molecule has 0 spiro atoms. The second-order valence-corrected chi connectivity index (χ2v) is 7.79. The van der Waals surface area contributed by atoms with Crippen LogP contribution in [0.15, 0.2) is 103 Å². The fourth-order valence-corrected chi connectivity index (χ4v) is 4.48. The number of para-hydroxylation sites is 1. The van der Waals surface area contributed by atoms with E-state index in [0.29, 0.717) is 6.54 Å². The van der Waals surface area contributed by atoms with Gasteiger partial charge in [-0.25, -0.2) is 0 Å². The van der Waals surface area contributed by atoms with Crippen molar-refractivity contribution in [3.63, 3.8) is 0 Å². The molecule has 1 heterocycles. The summed E-state index contributed by atoms with van der Waals surface area (Å²) in [7, 11) is 2.11. The molecule has 0 radical (unpaired) electrons. The predicted octanol–water partition coefficient (Wildman–Crippen LogP) is 5.38. The molecule has 3 heteroatoms. The molecule has 30 heavy (non-hydrogen) atoms. The molecule has 0 aliphatic carbocycles. The number of anilines is 2. The first-order chi connectivity index (χ1) is 14.7. The normalized spacial score (nSPS) is 17.3. The molecule has 148 valence electrons. The quantitative estimate of drug-likeness (QED) is 0.459. The van der Waals surface area contributed by atoms with E-state index in [1.54, 1.807) is 0 Å². The van der Waals surface area contributed by atoms with Crippen LogP contribution in [-0.4, -0.2) is 7.05 Å². The third-order valence-electron chi connectivity index (χ3n) is 5.99. The maximum Gasteiger partial charge on any atom is 0.124 e. The lowest BCUT2D eigenvalue weighted by Crippen LogP contribution is -2.54.